The van der Waals surface area contributed by atoms with E-state index in [4.69, 9.17) is 9.47 Å². The van der Waals surface area contributed by atoms with Crippen molar-refractivity contribution in [2.24, 2.45) is 5.92 Å². The highest BCUT2D eigenvalue weighted by Crippen LogP contribution is 2.57. The van der Waals surface area contributed by atoms with Gasteiger partial charge < -0.3 is 9.47 Å². The SMILES string of the molecule is COC(=O)[C@H]1CC[C@@]2(C[C@@H](c3cc(-n4cncc4C(F)(F)F)ccc3C)CO2)[C@@H]1c1ccc(F)cc1. The van der Waals surface area contributed by atoms with Gasteiger partial charge in [0.15, 0.2) is 0 Å². The van der Waals surface area contributed by atoms with Crippen LogP contribution < -0.4 is 0 Å². The van der Waals surface area contributed by atoms with Crippen LogP contribution in [0, 0.1) is 18.7 Å². The van der Waals surface area contributed by atoms with E-state index in [9.17, 15) is 22.4 Å². The van der Waals surface area contributed by atoms with Crippen molar-refractivity contribution in [3.63, 3.8) is 0 Å². The van der Waals surface area contributed by atoms with Gasteiger partial charge in [0.05, 0.1) is 37.8 Å². The zero-order valence-corrected chi connectivity index (χ0v) is 19.9. The third-order valence-electron chi connectivity index (χ3n) is 7.65. The maximum absolute atomic E-state index is 13.6. The molecule has 4 atom stereocenters. The number of rotatable bonds is 4. The number of aryl methyl sites for hydroxylation is 1. The Bertz CT molecular complexity index is 1270. The Kier molecular flexibility index (Phi) is 6.14. The molecule has 5 rings (SSSR count). The lowest BCUT2D eigenvalue weighted by Crippen LogP contribution is -2.35. The van der Waals surface area contributed by atoms with Crippen LogP contribution in [0.5, 0.6) is 0 Å². The van der Waals surface area contributed by atoms with Crippen molar-refractivity contribution in [1.29, 1.82) is 0 Å². The Balaban J connectivity index is 1.49. The van der Waals surface area contributed by atoms with E-state index in [2.05, 4.69) is 4.98 Å². The molecule has 1 saturated heterocycles. The Morgan fingerprint density at radius 2 is 1.94 bits per heavy atom. The predicted molar refractivity (Wildman–Crippen MR) is 123 cm³/mol. The van der Waals surface area contributed by atoms with Crippen LogP contribution in [-0.4, -0.2) is 34.8 Å². The normalized spacial score (nSPS) is 26.0. The number of aromatic nitrogens is 2. The number of ether oxygens (including phenoxy) is 2. The second-order valence-corrected chi connectivity index (χ2v) is 9.66. The van der Waals surface area contributed by atoms with Gasteiger partial charge in [-0.2, -0.15) is 13.2 Å². The number of alkyl halides is 3. The molecule has 0 bridgehead atoms. The van der Waals surface area contributed by atoms with Crippen molar-refractivity contribution >= 4 is 5.97 Å². The van der Waals surface area contributed by atoms with Crippen LogP contribution in [0.4, 0.5) is 17.6 Å². The maximum Gasteiger partial charge on any atom is 0.433 e. The van der Waals surface area contributed by atoms with E-state index in [0.29, 0.717) is 31.6 Å². The van der Waals surface area contributed by atoms with Gasteiger partial charge in [-0.3, -0.25) is 9.36 Å². The molecule has 1 aromatic heterocycles. The molecule has 5 nitrogen and oxygen atoms in total. The molecule has 9 heteroatoms. The molecule has 3 aromatic rings. The van der Waals surface area contributed by atoms with E-state index in [1.54, 1.807) is 30.3 Å². The first-order chi connectivity index (χ1) is 17.1. The Morgan fingerprint density at radius 1 is 1.19 bits per heavy atom. The molecule has 2 aliphatic rings. The lowest BCUT2D eigenvalue weighted by atomic mass is 9.76. The number of halogens is 4. The van der Waals surface area contributed by atoms with Crippen LogP contribution in [0.2, 0.25) is 0 Å². The van der Waals surface area contributed by atoms with Crippen LogP contribution in [0.25, 0.3) is 5.69 Å². The largest absolute Gasteiger partial charge is 0.469 e. The Hall–Kier alpha value is -3.20. The van der Waals surface area contributed by atoms with Crippen LogP contribution >= 0.6 is 0 Å². The molecule has 36 heavy (non-hydrogen) atoms. The quantitative estimate of drug-likeness (QED) is 0.327. The second-order valence-electron chi connectivity index (χ2n) is 9.66. The van der Waals surface area contributed by atoms with Gasteiger partial charge in [-0.1, -0.05) is 18.2 Å². The number of nitrogens with zero attached hydrogens (tertiary/aromatic N) is 2. The standard InChI is InChI=1S/C27H26F4N2O3/c1-16-3-8-20(33-15-32-13-23(33)27(29,30)31)11-22(16)18-12-26(36-14-18)10-9-21(25(34)35-2)24(26)17-4-6-19(28)7-5-17/h3-8,11,13,15,18,21,24H,9-10,12,14H2,1-2H3/t18-,21+,24-,26-/m1/s1. The Morgan fingerprint density at radius 3 is 2.64 bits per heavy atom. The smallest absolute Gasteiger partial charge is 0.433 e. The number of carbonyl (C=O) groups excluding carboxylic acids is 1. The summed E-state index contributed by atoms with van der Waals surface area (Å²) in [7, 11) is 1.35. The molecule has 1 saturated carbocycles. The monoisotopic (exact) mass is 502 g/mol. The summed E-state index contributed by atoms with van der Waals surface area (Å²) in [6, 6.07) is 11.3. The van der Waals surface area contributed by atoms with E-state index in [1.807, 2.05) is 6.92 Å². The van der Waals surface area contributed by atoms with Gasteiger partial charge in [0, 0.05) is 17.5 Å². The summed E-state index contributed by atoms with van der Waals surface area (Å²) in [5.74, 6) is -1.51. The highest BCUT2D eigenvalue weighted by Gasteiger charge is 2.56. The van der Waals surface area contributed by atoms with E-state index in [1.165, 1.54) is 19.2 Å². The third-order valence-corrected chi connectivity index (χ3v) is 7.65. The molecular formula is C27H26F4N2O3. The molecule has 2 fully saturated rings. The van der Waals surface area contributed by atoms with Crippen molar-refractivity contribution in [1.82, 2.24) is 9.55 Å². The minimum atomic E-state index is -4.53. The summed E-state index contributed by atoms with van der Waals surface area (Å²) in [6.07, 6.45) is -0.771. The molecule has 0 radical (unpaired) electrons. The summed E-state index contributed by atoms with van der Waals surface area (Å²) in [6.45, 7) is 2.29. The number of esters is 1. The maximum atomic E-state index is 13.6. The van der Waals surface area contributed by atoms with Gasteiger partial charge in [-0.05, 0) is 67.1 Å². The number of carbonyl (C=O) groups is 1. The predicted octanol–water partition coefficient (Wildman–Crippen LogP) is 5.95. The average Bonchev–Trinajstić information content (AvgIpc) is 3.59. The number of hydrogen-bond donors (Lipinski definition) is 0. The fourth-order valence-electron chi connectivity index (χ4n) is 6.02. The minimum absolute atomic E-state index is 0.0813. The molecule has 0 amide bonds. The first-order valence-corrected chi connectivity index (χ1v) is 11.8. The molecule has 190 valence electrons. The minimum Gasteiger partial charge on any atom is -0.469 e. The number of hydrogen-bond acceptors (Lipinski definition) is 4. The van der Waals surface area contributed by atoms with Gasteiger partial charge >= 0.3 is 12.1 Å². The van der Waals surface area contributed by atoms with Crippen molar-refractivity contribution < 1.29 is 31.8 Å². The van der Waals surface area contributed by atoms with Gasteiger partial charge in [0.1, 0.15) is 11.5 Å². The fourth-order valence-corrected chi connectivity index (χ4v) is 6.02. The van der Waals surface area contributed by atoms with Gasteiger partial charge in [0.2, 0.25) is 0 Å². The highest BCUT2D eigenvalue weighted by molar-refractivity contribution is 5.74. The van der Waals surface area contributed by atoms with Crippen molar-refractivity contribution in [3.05, 3.63) is 83.2 Å². The van der Waals surface area contributed by atoms with E-state index >= 15 is 0 Å². The summed E-state index contributed by atoms with van der Waals surface area (Å²) in [5, 5.41) is 0. The van der Waals surface area contributed by atoms with E-state index < -0.39 is 23.4 Å². The molecule has 1 aliphatic carbocycles. The Labute approximate surface area is 206 Å². The molecular weight excluding hydrogens is 476 g/mol. The zero-order chi connectivity index (χ0) is 25.7. The molecule has 2 aromatic carbocycles. The zero-order valence-electron chi connectivity index (χ0n) is 19.9. The third kappa shape index (κ3) is 4.19. The van der Waals surface area contributed by atoms with Crippen molar-refractivity contribution in [3.8, 4) is 5.69 Å². The second kappa shape index (κ2) is 9.03. The summed E-state index contributed by atoms with van der Waals surface area (Å²) >= 11 is 0. The van der Waals surface area contributed by atoms with Crippen molar-refractivity contribution in [2.75, 3.05) is 13.7 Å². The summed E-state index contributed by atoms with van der Waals surface area (Å²) in [5.41, 5.74) is 1.52. The lowest BCUT2D eigenvalue weighted by molar-refractivity contribution is -0.147. The average molecular weight is 503 g/mol. The lowest BCUT2D eigenvalue weighted by Gasteiger charge is -2.33. The van der Waals surface area contributed by atoms with Crippen LogP contribution in [0.15, 0.2) is 55.0 Å². The molecule has 0 unspecified atom stereocenters. The summed E-state index contributed by atoms with van der Waals surface area (Å²) in [4.78, 5) is 16.3. The van der Waals surface area contributed by atoms with Crippen LogP contribution in [-0.2, 0) is 20.4 Å². The number of benzene rings is 2. The first-order valence-electron chi connectivity index (χ1n) is 11.8. The summed E-state index contributed by atoms with van der Waals surface area (Å²) < 4.78 is 66.6. The molecule has 1 spiro atoms. The first kappa shape index (κ1) is 24.5. The molecule has 0 N–H and O–H groups in total. The van der Waals surface area contributed by atoms with E-state index in [0.717, 1.165) is 33.8 Å². The van der Waals surface area contributed by atoms with Gasteiger partial charge in [0.25, 0.3) is 0 Å². The van der Waals surface area contributed by atoms with Crippen molar-refractivity contribution in [2.45, 2.75) is 49.8 Å². The molecule has 1 aliphatic heterocycles. The van der Waals surface area contributed by atoms with Crippen LogP contribution in [0.1, 0.15) is 53.5 Å². The fraction of sp³-hybridized carbons (Fsp3) is 0.407. The van der Waals surface area contributed by atoms with Gasteiger partial charge in [-0.15, -0.1) is 0 Å². The number of methoxy groups -OCH3 is 1. The topological polar surface area (TPSA) is 53.4 Å². The van der Waals surface area contributed by atoms with Crippen LogP contribution in [0.3, 0.4) is 0 Å². The molecule has 2 heterocycles. The highest BCUT2D eigenvalue weighted by atomic mass is 19.4. The number of imidazole rings is 1. The van der Waals surface area contributed by atoms with Gasteiger partial charge in [-0.25, -0.2) is 9.37 Å². The van der Waals surface area contributed by atoms with E-state index in [-0.39, 0.29) is 23.6 Å².